The van der Waals surface area contributed by atoms with Gasteiger partial charge in [-0.05, 0) is 44.9 Å². The molecule has 0 fully saturated rings. The van der Waals surface area contributed by atoms with Gasteiger partial charge in [-0.15, -0.1) is 0 Å². The molecular weight excluding hydrogens is 289 g/mol. The Balaban J connectivity index is 2.17. The highest BCUT2D eigenvalue weighted by Crippen LogP contribution is 2.28. The quantitative estimate of drug-likeness (QED) is 0.914. The second kappa shape index (κ2) is 5.08. The van der Waals surface area contributed by atoms with Gasteiger partial charge < -0.3 is 5.73 Å². The molecule has 1 atom stereocenters. The topological polar surface area (TPSA) is 26.0 Å². The molecule has 1 aromatic carbocycles. The zero-order valence-corrected chi connectivity index (χ0v) is 10.9. The minimum atomic E-state index is -0.190. The van der Waals surface area contributed by atoms with E-state index in [2.05, 4.69) is 15.9 Å². The van der Waals surface area contributed by atoms with E-state index in [9.17, 15) is 4.39 Å². The molecule has 1 heterocycles. The van der Waals surface area contributed by atoms with Gasteiger partial charge in [0.05, 0.1) is 0 Å². The number of thiophene rings is 1. The van der Waals surface area contributed by atoms with E-state index < -0.39 is 0 Å². The lowest BCUT2D eigenvalue weighted by Crippen LogP contribution is -2.13. The predicted octanol–water partition coefficient (Wildman–Crippen LogP) is 3.89. The zero-order valence-electron chi connectivity index (χ0n) is 8.49. The van der Waals surface area contributed by atoms with Crippen LogP contribution in [0.1, 0.15) is 17.2 Å². The molecule has 0 aliphatic heterocycles. The highest BCUT2D eigenvalue weighted by molar-refractivity contribution is 9.10. The molecule has 2 N–H and O–H groups in total. The Bertz CT molecular complexity index is 483. The van der Waals surface area contributed by atoms with Gasteiger partial charge in [-0.3, -0.25) is 0 Å². The average Bonchev–Trinajstić information content (AvgIpc) is 2.68. The fourth-order valence-corrected chi connectivity index (χ4v) is 3.22. The second-order valence-corrected chi connectivity index (χ2v) is 5.17. The van der Waals surface area contributed by atoms with Crippen LogP contribution in [0.25, 0.3) is 0 Å². The third kappa shape index (κ3) is 2.51. The van der Waals surface area contributed by atoms with Gasteiger partial charge in [0.15, 0.2) is 0 Å². The zero-order chi connectivity index (χ0) is 11.5. The predicted molar refractivity (Wildman–Crippen MR) is 69.1 cm³/mol. The molecule has 1 unspecified atom stereocenters. The maximum absolute atomic E-state index is 13.4. The van der Waals surface area contributed by atoms with E-state index in [1.165, 1.54) is 6.07 Å². The van der Waals surface area contributed by atoms with Crippen molar-refractivity contribution in [1.82, 2.24) is 0 Å². The Hall–Kier alpha value is -0.710. The number of rotatable bonds is 3. The summed E-state index contributed by atoms with van der Waals surface area (Å²) in [6.07, 6.45) is 0.516. The van der Waals surface area contributed by atoms with Crippen LogP contribution in [0.5, 0.6) is 0 Å². The lowest BCUT2D eigenvalue weighted by molar-refractivity contribution is 0.593. The van der Waals surface area contributed by atoms with Gasteiger partial charge in [-0.2, -0.15) is 11.3 Å². The van der Waals surface area contributed by atoms with Crippen LogP contribution in [0.4, 0.5) is 4.39 Å². The first-order valence-corrected chi connectivity index (χ1v) is 6.62. The normalized spacial score (nSPS) is 12.7. The van der Waals surface area contributed by atoms with Crippen molar-refractivity contribution in [2.24, 2.45) is 5.73 Å². The molecule has 0 bridgehead atoms. The number of hydrogen-bond donors (Lipinski definition) is 1. The van der Waals surface area contributed by atoms with Gasteiger partial charge in [-0.25, -0.2) is 4.39 Å². The molecule has 0 amide bonds. The first kappa shape index (κ1) is 11.8. The van der Waals surface area contributed by atoms with E-state index in [1.54, 1.807) is 23.5 Å². The van der Waals surface area contributed by atoms with Crippen molar-refractivity contribution < 1.29 is 4.39 Å². The van der Waals surface area contributed by atoms with E-state index in [-0.39, 0.29) is 11.9 Å². The third-order valence-electron chi connectivity index (χ3n) is 2.44. The average molecular weight is 300 g/mol. The van der Waals surface area contributed by atoms with E-state index in [1.807, 2.05) is 16.8 Å². The van der Waals surface area contributed by atoms with Crippen molar-refractivity contribution in [1.29, 1.82) is 0 Å². The van der Waals surface area contributed by atoms with Gasteiger partial charge >= 0.3 is 0 Å². The Morgan fingerprint density at radius 3 is 2.69 bits per heavy atom. The molecule has 0 radical (unpaired) electrons. The van der Waals surface area contributed by atoms with Gasteiger partial charge in [0.2, 0.25) is 0 Å². The molecule has 2 aromatic rings. The molecular formula is C12H11BrFNS. The summed E-state index contributed by atoms with van der Waals surface area (Å²) in [5.74, 6) is -0.190. The standard InChI is InChI=1S/C12H11BrFNS/c13-10-7-16-6-9(10)12(15)5-8-3-1-2-4-11(8)14/h1-4,6-7,12H,5,15H2. The van der Waals surface area contributed by atoms with Crippen molar-refractivity contribution in [3.8, 4) is 0 Å². The summed E-state index contributed by atoms with van der Waals surface area (Å²) in [5.41, 5.74) is 7.75. The summed E-state index contributed by atoms with van der Waals surface area (Å²) in [6.45, 7) is 0. The van der Waals surface area contributed by atoms with Gasteiger partial charge in [-0.1, -0.05) is 18.2 Å². The summed E-state index contributed by atoms with van der Waals surface area (Å²) in [6, 6.07) is 6.58. The molecule has 1 aromatic heterocycles. The van der Waals surface area contributed by atoms with Crippen molar-refractivity contribution in [2.75, 3.05) is 0 Å². The summed E-state index contributed by atoms with van der Waals surface area (Å²) in [7, 11) is 0. The molecule has 1 nitrogen and oxygen atoms in total. The van der Waals surface area contributed by atoms with Crippen LogP contribution in [-0.2, 0) is 6.42 Å². The highest BCUT2D eigenvalue weighted by Gasteiger charge is 2.13. The SMILES string of the molecule is NC(Cc1ccccc1F)c1cscc1Br. The molecule has 0 aliphatic carbocycles. The summed E-state index contributed by atoms with van der Waals surface area (Å²) in [4.78, 5) is 0. The van der Waals surface area contributed by atoms with Crippen LogP contribution >= 0.6 is 27.3 Å². The largest absolute Gasteiger partial charge is 0.324 e. The van der Waals surface area contributed by atoms with Crippen molar-refractivity contribution in [2.45, 2.75) is 12.5 Å². The maximum atomic E-state index is 13.4. The van der Waals surface area contributed by atoms with Gasteiger partial charge in [0.25, 0.3) is 0 Å². The second-order valence-electron chi connectivity index (χ2n) is 3.58. The van der Waals surface area contributed by atoms with E-state index in [0.29, 0.717) is 12.0 Å². The van der Waals surface area contributed by atoms with E-state index in [4.69, 9.17) is 5.73 Å². The van der Waals surface area contributed by atoms with Crippen LogP contribution in [0.2, 0.25) is 0 Å². The van der Waals surface area contributed by atoms with Crippen molar-refractivity contribution in [3.63, 3.8) is 0 Å². The Morgan fingerprint density at radius 1 is 1.31 bits per heavy atom. The molecule has 0 saturated carbocycles. The highest BCUT2D eigenvalue weighted by atomic mass is 79.9. The first-order chi connectivity index (χ1) is 7.68. The van der Waals surface area contributed by atoms with Crippen LogP contribution in [0.3, 0.4) is 0 Å². The molecule has 2 rings (SSSR count). The number of benzene rings is 1. The number of halogens is 2. The van der Waals surface area contributed by atoms with Crippen LogP contribution in [0, 0.1) is 5.82 Å². The van der Waals surface area contributed by atoms with Crippen LogP contribution in [-0.4, -0.2) is 0 Å². The third-order valence-corrected chi connectivity index (χ3v) is 4.19. The van der Waals surface area contributed by atoms with Crippen molar-refractivity contribution in [3.05, 3.63) is 56.4 Å². The smallest absolute Gasteiger partial charge is 0.126 e. The number of hydrogen-bond acceptors (Lipinski definition) is 2. The molecule has 84 valence electrons. The fourth-order valence-electron chi connectivity index (χ4n) is 1.57. The molecule has 0 spiro atoms. The Kier molecular flexibility index (Phi) is 3.74. The number of nitrogens with two attached hydrogens (primary N) is 1. The minimum Gasteiger partial charge on any atom is -0.324 e. The molecule has 16 heavy (non-hydrogen) atoms. The Labute approximate surface area is 106 Å². The Morgan fingerprint density at radius 2 is 2.06 bits per heavy atom. The molecule has 0 aliphatic rings. The first-order valence-electron chi connectivity index (χ1n) is 4.89. The van der Waals surface area contributed by atoms with Crippen molar-refractivity contribution >= 4 is 27.3 Å². The lowest BCUT2D eigenvalue weighted by Gasteiger charge is -2.11. The van der Waals surface area contributed by atoms with E-state index in [0.717, 1.165) is 10.0 Å². The molecule has 4 heteroatoms. The summed E-state index contributed by atoms with van der Waals surface area (Å²) in [5, 5.41) is 3.98. The maximum Gasteiger partial charge on any atom is 0.126 e. The molecule has 0 saturated heterocycles. The van der Waals surface area contributed by atoms with Crippen LogP contribution in [0.15, 0.2) is 39.5 Å². The monoisotopic (exact) mass is 299 g/mol. The lowest BCUT2D eigenvalue weighted by atomic mass is 10.0. The minimum absolute atomic E-state index is 0.169. The summed E-state index contributed by atoms with van der Waals surface area (Å²) >= 11 is 5.02. The summed E-state index contributed by atoms with van der Waals surface area (Å²) < 4.78 is 14.4. The van der Waals surface area contributed by atoms with E-state index >= 15 is 0 Å². The van der Waals surface area contributed by atoms with Gasteiger partial charge in [0.1, 0.15) is 5.82 Å². The van der Waals surface area contributed by atoms with Crippen LogP contribution < -0.4 is 5.73 Å². The van der Waals surface area contributed by atoms with Gasteiger partial charge in [0, 0.05) is 15.9 Å². The fraction of sp³-hybridized carbons (Fsp3) is 0.167.